The van der Waals surface area contributed by atoms with Gasteiger partial charge in [-0.05, 0) is 49.7 Å². The van der Waals surface area contributed by atoms with E-state index in [1.807, 2.05) is 11.8 Å². The van der Waals surface area contributed by atoms with Crippen molar-refractivity contribution in [3.63, 3.8) is 0 Å². The minimum Gasteiger partial charge on any atom is -0.395 e. The molecule has 1 fully saturated rings. The lowest BCUT2D eigenvalue weighted by atomic mass is 9.82. The van der Waals surface area contributed by atoms with Gasteiger partial charge in [0.2, 0.25) is 0 Å². The lowest BCUT2D eigenvalue weighted by molar-refractivity contribution is 0.217. The van der Waals surface area contributed by atoms with Gasteiger partial charge < -0.3 is 10.4 Å². The first-order valence-corrected chi connectivity index (χ1v) is 7.98. The van der Waals surface area contributed by atoms with Crippen LogP contribution in [0.25, 0.3) is 0 Å². The van der Waals surface area contributed by atoms with Crippen LogP contribution >= 0.6 is 11.8 Å². The van der Waals surface area contributed by atoms with E-state index in [0.29, 0.717) is 6.04 Å². The zero-order chi connectivity index (χ0) is 11.8. The smallest absolute Gasteiger partial charge is 0.0584 e. The van der Waals surface area contributed by atoms with Crippen molar-refractivity contribution in [2.45, 2.75) is 45.1 Å². The molecule has 2 nitrogen and oxygen atoms in total. The molecule has 1 saturated carbocycles. The Hall–Kier alpha value is 0.270. The maximum Gasteiger partial charge on any atom is 0.0584 e. The van der Waals surface area contributed by atoms with E-state index in [2.05, 4.69) is 18.5 Å². The van der Waals surface area contributed by atoms with Gasteiger partial charge in [0.1, 0.15) is 0 Å². The van der Waals surface area contributed by atoms with Crippen LogP contribution in [0.1, 0.15) is 39.0 Å². The van der Waals surface area contributed by atoms with E-state index in [1.165, 1.54) is 25.7 Å². The van der Waals surface area contributed by atoms with Crippen LogP contribution in [0.15, 0.2) is 0 Å². The van der Waals surface area contributed by atoms with Gasteiger partial charge in [-0.1, -0.05) is 19.8 Å². The molecule has 96 valence electrons. The molecule has 3 atom stereocenters. The number of hydrogen-bond acceptors (Lipinski definition) is 3. The summed E-state index contributed by atoms with van der Waals surface area (Å²) in [4.78, 5) is 0. The van der Waals surface area contributed by atoms with Gasteiger partial charge in [-0.2, -0.15) is 11.8 Å². The Balaban J connectivity index is 2.15. The third kappa shape index (κ3) is 5.55. The standard InChI is InChI=1S/C13H27NOS/c1-11-4-3-5-12(8-11)9-14-13(10-15)6-7-16-2/h11-15H,3-10H2,1-2H3. The van der Waals surface area contributed by atoms with Crippen molar-refractivity contribution >= 4 is 11.8 Å². The van der Waals surface area contributed by atoms with Gasteiger partial charge in [0.05, 0.1) is 6.61 Å². The molecule has 0 radical (unpaired) electrons. The Morgan fingerprint density at radius 3 is 2.88 bits per heavy atom. The fraction of sp³-hybridized carbons (Fsp3) is 1.00. The van der Waals surface area contributed by atoms with E-state index < -0.39 is 0 Å². The van der Waals surface area contributed by atoms with Crippen molar-refractivity contribution in [3.05, 3.63) is 0 Å². The van der Waals surface area contributed by atoms with E-state index in [9.17, 15) is 5.11 Å². The van der Waals surface area contributed by atoms with Gasteiger partial charge in [-0.25, -0.2) is 0 Å². The van der Waals surface area contributed by atoms with E-state index in [-0.39, 0.29) is 6.61 Å². The SMILES string of the molecule is CSCCC(CO)NCC1CCCC(C)C1. The first-order valence-electron chi connectivity index (χ1n) is 6.59. The largest absolute Gasteiger partial charge is 0.395 e. The first kappa shape index (κ1) is 14.3. The van der Waals surface area contributed by atoms with Gasteiger partial charge in [0.15, 0.2) is 0 Å². The lowest BCUT2D eigenvalue weighted by Gasteiger charge is -2.28. The van der Waals surface area contributed by atoms with Crippen molar-refractivity contribution in [1.82, 2.24) is 5.32 Å². The van der Waals surface area contributed by atoms with Gasteiger partial charge >= 0.3 is 0 Å². The number of aliphatic hydroxyl groups excluding tert-OH is 1. The molecule has 3 heteroatoms. The minimum atomic E-state index is 0.281. The summed E-state index contributed by atoms with van der Waals surface area (Å²) in [7, 11) is 0. The van der Waals surface area contributed by atoms with Crippen LogP contribution in [0, 0.1) is 11.8 Å². The monoisotopic (exact) mass is 245 g/mol. The van der Waals surface area contributed by atoms with Crippen LogP contribution in [0.2, 0.25) is 0 Å². The lowest BCUT2D eigenvalue weighted by Crippen LogP contribution is -2.37. The first-order chi connectivity index (χ1) is 7.76. The Morgan fingerprint density at radius 2 is 2.25 bits per heavy atom. The molecular formula is C13H27NOS. The average Bonchev–Trinajstić information content (AvgIpc) is 2.29. The quantitative estimate of drug-likeness (QED) is 0.723. The van der Waals surface area contributed by atoms with Crippen LogP contribution < -0.4 is 5.32 Å². The molecule has 0 aromatic rings. The molecule has 0 aromatic carbocycles. The Labute approximate surface area is 105 Å². The molecule has 1 aliphatic rings. The van der Waals surface area contributed by atoms with E-state index in [1.54, 1.807) is 0 Å². The summed E-state index contributed by atoms with van der Waals surface area (Å²) in [5.41, 5.74) is 0. The summed E-state index contributed by atoms with van der Waals surface area (Å²) in [5.74, 6) is 2.88. The summed E-state index contributed by atoms with van der Waals surface area (Å²) < 4.78 is 0. The fourth-order valence-electron chi connectivity index (χ4n) is 2.60. The highest BCUT2D eigenvalue weighted by atomic mass is 32.2. The summed E-state index contributed by atoms with van der Waals surface area (Å²) in [6, 6.07) is 0.310. The molecule has 0 heterocycles. The molecule has 3 unspecified atom stereocenters. The third-order valence-electron chi connectivity index (χ3n) is 3.63. The van der Waals surface area contributed by atoms with Crippen molar-refractivity contribution in [2.24, 2.45) is 11.8 Å². The summed E-state index contributed by atoms with van der Waals surface area (Å²) in [6.45, 7) is 3.75. The van der Waals surface area contributed by atoms with E-state index in [0.717, 1.165) is 30.6 Å². The van der Waals surface area contributed by atoms with Crippen LogP contribution in [0.3, 0.4) is 0 Å². The second-order valence-corrected chi connectivity index (χ2v) is 6.19. The van der Waals surface area contributed by atoms with Crippen molar-refractivity contribution in [2.75, 3.05) is 25.2 Å². The highest BCUT2D eigenvalue weighted by molar-refractivity contribution is 7.98. The fourth-order valence-corrected chi connectivity index (χ4v) is 3.12. The van der Waals surface area contributed by atoms with Gasteiger partial charge in [0, 0.05) is 6.04 Å². The molecular weight excluding hydrogens is 218 g/mol. The highest BCUT2D eigenvalue weighted by Crippen LogP contribution is 2.28. The summed E-state index contributed by atoms with van der Waals surface area (Å²) in [5, 5.41) is 12.8. The van der Waals surface area contributed by atoms with E-state index in [4.69, 9.17) is 0 Å². The number of nitrogens with one attached hydrogen (secondary N) is 1. The third-order valence-corrected chi connectivity index (χ3v) is 4.27. The average molecular weight is 245 g/mol. The molecule has 1 rings (SSSR count). The van der Waals surface area contributed by atoms with Gasteiger partial charge in [-0.3, -0.25) is 0 Å². The Kier molecular flexibility index (Phi) is 7.50. The molecule has 0 aromatic heterocycles. The van der Waals surface area contributed by atoms with Crippen LogP contribution in [0.5, 0.6) is 0 Å². The zero-order valence-electron chi connectivity index (χ0n) is 10.7. The Morgan fingerprint density at radius 1 is 1.44 bits per heavy atom. The molecule has 1 aliphatic carbocycles. The normalized spacial score (nSPS) is 27.9. The number of aliphatic hydroxyl groups is 1. The molecule has 0 saturated heterocycles. The molecule has 2 N–H and O–H groups in total. The molecule has 0 amide bonds. The number of thioether (sulfide) groups is 1. The molecule has 0 spiro atoms. The van der Waals surface area contributed by atoms with Crippen LogP contribution in [0.4, 0.5) is 0 Å². The summed E-state index contributed by atoms with van der Waals surface area (Å²) in [6.07, 6.45) is 8.75. The number of hydrogen-bond donors (Lipinski definition) is 2. The second-order valence-electron chi connectivity index (χ2n) is 5.21. The highest BCUT2D eigenvalue weighted by Gasteiger charge is 2.19. The molecule has 0 aliphatic heterocycles. The van der Waals surface area contributed by atoms with Crippen molar-refractivity contribution in [1.29, 1.82) is 0 Å². The predicted octanol–water partition coefficient (Wildman–Crippen LogP) is 2.52. The second kappa shape index (κ2) is 8.37. The predicted molar refractivity (Wildman–Crippen MR) is 73.0 cm³/mol. The van der Waals surface area contributed by atoms with Gasteiger partial charge in [-0.15, -0.1) is 0 Å². The minimum absolute atomic E-state index is 0.281. The topological polar surface area (TPSA) is 32.3 Å². The number of rotatable bonds is 7. The zero-order valence-corrected chi connectivity index (χ0v) is 11.6. The summed E-state index contributed by atoms with van der Waals surface area (Å²) >= 11 is 1.86. The van der Waals surface area contributed by atoms with Crippen molar-refractivity contribution in [3.8, 4) is 0 Å². The maximum absolute atomic E-state index is 9.26. The van der Waals surface area contributed by atoms with Crippen molar-refractivity contribution < 1.29 is 5.11 Å². The van der Waals surface area contributed by atoms with Crippen LogP contribution in [-0.2, 0) is 0 Å². The van der Waals surface area contributed by atoms with Crippen LogP contribution in [-0.4, -0.2) is 36.3 Å². The van der Waals surface area contributed by atoms with Gasteiger partial charge in [0.25, 0.3) is 0 Å². The Bertz CT molecular complexity index is 177. The molecule has 0 bridgehead atoms. The van der Waals surface area contributed by atoms with E-state index >= 15 is 0 Å². The molecule has 16 heavy (non-hydrogen) atoms. The maximum atomic E-state index is 9.26.